The Bertz CT molecular complexity index is 812. The molecule has 0 aliphatic rings. The van der Waals surface area contributed by atoms with Crippen LogP contribution in [0.1, 0.15) is 0 Å². The summed E-state index contributed by atoms with van der Waals surface area (Å²) in [5.74, 6) is -9.29. The fourth-order valence-electron chi connectivity index (χ4n) is 1.91. The van der Waals surface area contributed by atoms with Gasteiger partial charge in [0.15, 0.2) is 22.3 Å². The lowest BCUT2D eigenvalue weighted by atomic mass is 10.3. The van der Waals surface area contributed by atoms with E-state index < -0.39 is 43.9 Å². The maximum atomic E-state index is 14.0. The van der Waals surface area contributed by atoms with E-state index in [0.717, 1.165) is 14.2 Å². The zero-order valence-corrected chi connectivity index (χ0v) is 12.8. The van der Waals surface area contributed by atoms with Crippen LogP contribution in [-0.2, 0) is 10.0 Å². The Morgan fingerprint density at radius 2 is 1.39 bits per heavy atom. The first kappa shape index (κ1) is 17.1. The van der Waals surface area contributed by atoms with Gasteiger partial charge in [-0.1, -0.05) is 18.2 Å². The van der Waals surface area contributed by atoms with E-state index in [2.05, 4.69) is 4.74 Å². The van der Waals surface area contributed by atoms with Crippen molar-refractivity contribution >= 4 is 15.7 Å². The molecule has 9 heteroatoms. The average Bonchev–Trinajstić information content (AvgIpc) is 2.53. The molecule has 0 spiro atoms. The van der Waals surface area contributed by atoms with Gasteiger partial charge in [0.05, 0.1) is 12.8 Å². The van der Waals surface area contributed by atoms with Crippen LogP contribution in [0, 0.1) is 23.3 Å². The molecule has 0 aliphatic heterocycles. The van der Waals surface area contributed by atoms with Gasteiger partial charge >= 0.3 is 0 Å². The van der Waals surface area contributed by atoms with Crippen molar-refractivity contribution in [3.05, 3.63) is 53.6 Å². The summed E-state index contributed by atoms with van der Waals surface area (Å²) < 4.78 is 84.8. The second-order valence-electron chi connectivity index (χ2n) is 4.43. The van der Waals surface area contributed by atoms with Gasteiger partial charge in [-0.05, 0) is 12.1 Å². The molecule has 2 aromatic rings. The molecule has 2 rings (SSSR count). The van der Waals surface area contributed by atoms with Crippen molar-refractivity contribution in [3.8, 4) is 5.75 Å². The molecule has 0 atom stereocenters. The number of sulfonamides is 1. The molecule has 2 aromatic carbocycles. The number of rotatable bonds is 4. The number of ether oxygens (including phenoxy) is 1. The van der Waals surface area contributed by atoms with Crippen molar-refractivity contribution in [1.29, 1.82) is 0 Å². The molecule has 0 bridgehead atoms. The minimum atomic E-state index is -4.88. The minimum Gasteiger partial charge on any atom is -0.491 e. The summed E-state index contributed by atoms with van der Waals surface area (Å²) in [5, 5.41) is 0. The highest BCUT2D eigenvalue weighted by Gasteiger charge is 2.36. The van der Waals surface area contributed by atoms with Crippen molar-refractivity contribution in [2.24, 2.45) is 0 Å². The lowest BCUT2D eigenvalue weighted by molar-refractivity contribution is 0.322. The number of hydrogen-bond acceptors (Lipinski definition) is 3. The van der Waals surface area contributed by atoms with Crippen molar-refractivity contribution in [1.82, 2.24) is 0 Å². The first-order chi connectivity index (χ1) is 10.7. The molecule has 4 nitrogen and oxygen atoms in total. The summed E-state index contributed by atoms with van der Waals surface area (Å²) >= 11 is 0. The first-order valence-electron chi connectivity index (χ1n) is 6.17. The fourth-order valence-corrected chi connectivity index (χ4v) is 3.22. The highest BCUT2D eigenvalue weighted by Crippen LogP contribution is 2.34. The van der Waals surface area contributed by atoms with Crippen LogP contribution in [0.15, 0.2) is 35.2 Å². The van der Waals surface area contributed by atoms with Gasteiger partial charge in [0, 0.05) is 7.05 Å². The third-order valence-electron chi connectivity index (χ3n) is 3.13. The molecule has 0 saturated carbocycles. The normalized spacial score (nSPS) is 11.4. The molecular weight excluding hydrogens is 338 g/mol. The smallest absolute Gasteiger partial charge is 0.270 e. The Hall–Kier alpha value is -2.29. The topological polar surface area (TPSA) is 46.6 Å². The predicted molar refractivity (Wildman–Crippen MR) is 74.9 cm³/mol. The third-order valence-corrected chi connectivity index (χ3v) is 4.93. The number of anilines is 1. The number of hydrogen-bond donors (Lipinski definition) is 0. The summed E-state index contributed by atoms with van der Waals surface area (Å²) in [6, 6.07) is 7.28. The Balaban J connectivity index is 2.71. The molecule has 124 valence electrons. The molecule has 0 unspecified atom stereocenters. The maximum Gasteiger partial charge on any atom is 0.270 e. The monoisotopic (exact) mass is 349 g/mol. The summed E-state index contributed by atoms with van der Waals surface area (Å²) in [6.07, 6.45) is 0. The van der Waals surface area contributed by atoms with Crippen molar-refractivity contribution < 1.29 is 30.7 Å². The molecule has 0 aliphatic carbocycles. The van der Waals surface area contributed by atoms with E-state index >= 15 is 0 Å². The van der Waals surface area contributed by atoms with E-state index in [4.69, 9.17) is 0 Å². The average molecular weight is 349 g/mol. The molecule has 0 radical (unpaired) electrons. The van der Waals surface area contributed by atoms with Crippen LogP contribution in [-0.4, -0.2) is 22.6 Å². The predicted octanol–water partition coefficient (Wildman–Crippen LogP) is 3.08. The quantitative estimate of drug-likeness (QED) is 0.630. The molecule has 23 heavy (non-hydrogen) atoms. The van der Waals surface area contributed by atoms with Gasteiger partial charge < -0.3 is 4.74 Å². The number of nitrogens with zero attached hydrogens (tertiary/aromatic N) is 1. The van der Waals surface area contributed by atoms with Gasteiger partial charge in [-0.3, -0.25) is 4.31 Å². The Kier molecular flexibility index (Phi) is 4.51. The van der Waals surface area contributed by atoms with Crippen LogP contribution in [0.4, 0.5) is 23.2 Å². The van der Waals surface area contributed by atoms with Crippen LogP contribution >= 0.6 is 0 Å². The molecule has 0 fully saturated rings. The minimum absolute atomic E-state index is 0.0583. The SMILES string of the molecule is COc1c(F)c(F)c(S(=O)(=O)N(C)c2ccccc2)c(F)c1F. The molecule has 0 N–H and O–H groups in total. The van der Waals surface area contributed by atoms with Gasteiger partial charge in [-0.25, -0.2) is 17.2 Å². The van der Waals surface area contributed by atoms with Crippen LogP contribution in [0.3, 0.4) is 0 Å². The number of benzene rings is 2. The van der Waals surface area contributed by atoms with E-state index in [1.54, 1.807) is 6.07 Å². The lowest BCUT2D eigenvalue weighted by Gasteiger charge is -2.20. The van der Waals surface area contributed by atoms with Gasteiger partial charge in [0.1, 0.15) is 0 Å². The number of methoxy groups -OCH3 is 1. The van der Waals surface area contributed by atoms with Crippen molar-refractivity contribution in [3.63, 3.8) is 0 Å². The van der Waals surface area contributed by atoms with Gasteiger partial charge in [-0.15, -0.1) is 0 Å². The Morgan fingerprint density at radius 1 is 0.913 bits per heavy atom. The third kappa shape index (κ3) is 2.72. The fraction of sp³-hybridized carbons (Fsp3) is 0.143. The van der Waals surface area contributed by atoms with Gasteiger partial charge in [0.25, 0.3) is 10.0 Å². The zero-order valence-electron chi connectivity index (χ0n) is 12.0. The van der Waals surface area contributed by atoms with E-state index in [-0.39, 0.29) is 5.69 Å². The van der Waals surface area contributed by atoms with E-state index in [1.165, 1.54) is 24.3 Å². The van der Waals surface area contributed by atoms with Gasteiger partial charge in [0.2, 0.25) is 11.6 Å². The standard InChI is InChI=1S/C14H11F4NO3S/c1-19(8-6-4-3-5-7-8)23(20,21)14-11(17)9(15)13(22-2)10(16)12(14)18/h3-7H,1-2H3. The van der Waals surface area contributed by atoms with Crippen LogP contribution in [0.2, 0.25) is 0 Å². The van der Waals surface area contributed by atoms with E-state index in [1.807, 2.05) is 0 Å². The van der Waals surface area contributed by atoms with Crippen LogP contribution in [0.5, 0.6) is 5.75 Å². The van der Waals surface area contributed by atoms with Crippen LogP contribution < -0.4 is 9.04 Å². The van der Waals surface area contributed by atoms with Gasteiger partial charge in [-0.2, -0.15) is 8.78 Å². The summed E-state index contributed by atoms with van der Waals surface area (Å²) in [6.45, 7) is 0. The molecule has 0 saturated heterocycles. The largest absolute Gasteiger partial charge is 0.491 e. The van der Waals surface area contributed by atoms with E-state index in [9.17, 15) is 26.0 Å². The Morgan fingerprint density at radius 3 is 1.83 bits per heavy atom. The molecule has 0 heterocycles. The molecular formula is C14H11F4NO3S. The zero-order chi connectivity index (χ0) is 17.4. The van der Waals surface area contributed by atoms with Crippen LogP contribution in [0.25, 0.3) is 0 Å². The van der Waals surface area contributed by atoms with E-state index in [0.29, 0.717) is 4.31 Å². The first-order valence-corrected chi connectivity index (χ1v) is 7.61. The highest BCUT2D eigenvalue weighted by molar-refractivity contribution is 7.92. The highest BCUT2D eigenvalue weighted by atomic mass is 32.2. The Labute approximate surface area is 130 Å². The lowest BCUT2D eigenvalue weighted by Crippen LogP contribution is -2.29. The second-order valence-corrected chi connectivity index (χ2v) is 6.33. The maximum absolute atomic E-state index is 14.0. The molecule has 0 aromatic heterocycles. The molecule has 0 amide bonds. The second kappa shape index (κ2) is 6.07. The van der Waals surface area contributed by atoms with Crippen molar-refractivity contribution in [2.45, 2.75) is 4.90 Å². The van der Waals surface area contributed by atoms with Crippen molar-refractivity contribution in [2.75, 3.05) is 18.5 Å². The number of para-hydroxylation sites is 1. The summed E-state index contributed by atoms with van der Waals surface area (Å²) in [4.78, 5) is -1.72. The number of halogens is 4. The summed E-state index contributed by atoms with van der Waals surface area (Å²) in [5.41, 5.74) is 0.0583. The summed E-state index contributed by atoms with van der Waals surface area (Å²) in [7, 11) is -3.08.